The normalized spacial score (nSPS) is 10.8. The van der Waals surface area contributed by atoms with Crippen molar-refractivity contribution < 1.29 is 18.7 Å². The molecule has 0 saturated carbocycles. The van der Waals surface area contributed by atoms with Crippen molar-refractivity contribution in [2.45, 2.75) is 20.0 Å². The maximum absolute atomic E-state index is 13.2. The van der Waals surface area contributed by atoms with Crippen molar-refractivity contribution in [3.63, 3.8) is 0 Å². The Morgan fingerprint density at radius 2 is 1.69 bits per heavy atom. The van der Waals surface area contributed by atoms with Crippen LogP contribution in [0.25, 0.3) is 10.1 Å². The third-order valence-electron chi connectivity index (χ3n) is 3.48. The van der Waals surface area contributed by atoms with Crippen LogP contribution in [-0.4, -0.2) is 17.9 Å². The van der Waals surface area contributed by atoms with Gasteiger partial charge in [-0.05, 0) is 67.8 Å². The van der Waals surface area contributed by atoms with Gasteiger partial charge in [-0.2, -0.15) is 0 Å². The monoisotopic (exact) mass is 372 g/mol. The number of benzene rings is 2. The summed E-state index contributed by atoms with van der Waals surface area (Å²) in [6, 6.07) is 12.5. The topological polar surface area (TPSA) is 67.4 Å². The maximum atomic E-state index is 13.2. The number of hydrogen-bond acceptors (Lipinski definition) is 4. The first-order chi connectivity index (χ1) is 12.4. The summed E-state index contributed by atoms with van der Waals surface area (Å²) >= 11 is 1.22. The summed E-state index contributed by atoms with van der Waals surface area (Å²) < 4.78 is 19.5. The number of nitrogens with one attached hydrogen (secondary N) is 2. The summed E-state index contributed by atoms with van der Waals surface area (Å²) in [4.78, 5) is 24.7. The summed E-state index contributed by atoms with van der Waals surface area (Å²) in [5, 5.41) is 0.646. The van der Waals surface area contributed by atoms with Crippen molar-refractivity contribution in [2.75, 3.05) is 0 Å². The quantitative estimate of drug-likeness (QED) is 0.683. The average molecular weight is 372 g/mol. The van der Waals surface area contributed by atoms with Crippen molar-refractivity contribution in [1.29, 1.82) is 0 Å². The van der Waals surface area contributed by atoms with E-state index in [0.717, 1.165) is 4.70 Å². The van der Waals surface area contributed by atoms with Crippen LogP contribution in [0, 0.1) is 5.82 Å². The van der Waals surface area contributed by atoms with Crippen LogP contribution < -0.4 is 15.6 Å². The van der Waals surface area contributed by atoms with E-state index < -0.39 is 11.8 Å². The first-order valence-corrected chi connectivity index (χ1v) is 8.80. The zero-order valence-corrected chi connectivity index (χ0v) is 15.0. The molecule has 0 bridgehead atoms. The molecule has 3 rings (SSSR count). The molecular formula is C19H17FN2O3S. The Bertz CT molecular complexity index is 951. The third-order valence-corrected chi connectivity index (χ3v) is 4.59. The zero-order chi connectivity index (χ0) is 18.7. The van der Waals surface area contributed by atoms with E-state index in [4.69, 9.17) is 4.74 Å². The lowest BCUT2D eigenvalue weighted by Gasteiger charge is -2.10. The summed E-state index contributed by atoms with van der Waals surface area (Å²) in [6.07, 6.45) is 0.0451. The molecule has 0 spiro atoms. The van der Waals surface area contributed by atoms with Gasteiger partial charge in [0.1, 0.15) is 11.6 Å². The van der Waals surface area contributed by atoms with Gasteiger partial charge >= 0.3 is 0 Å². The van der Waals surface area contributed by atoms with Gasteiger partial charge in [-0.3, -0.25) is 20.4 Å². The van der Waals surface area contributed by atoms with Crippen molar-refractivity contribution in [3.8, 4) is 5.75 Å². The second-order valence-corrected chi connectivity index (χ2v) is 6.98. The van der Waals surface area contributed by atoms with E-state index in [1.165, 1.54) is 23.5 Å². The Kier molecular flexibility index (Phi) is 5.18. The Labute approximate surface area is 153 Å². The second kappa shape index (κ2) is 7.53. The number of thiophene rings is 1. The van der Waals surface area contributed by atoms with Crippen LogP contribution >= 0.6 is 11.3 Å². The summed E-state index contributed by atoms with van der Waals surface area (Å²) in [5.41, 5.74) is 5.12. The highest BCUT2D eigenvalue weighted by atomic mass is 32.1. The van der Waals surface area contributed by atoms with Crippen LogP contribution in [-0.2, 0) is 0 Å². The van der Waals surface area contributed by atoms with Crippen molar-refractivity contribution >= 4 is 33.2 Å². The highest BCUT2D eigenvalue weighted by Crippen LogP contribution is 2.26. The molecule has 2 aromatic carbocycles. The number of halogens is 1. The number of carbonyl (C=O) groups excluding carboxylic acids is 2. The number of rotatable bonds is 4. The molecule has 7 heteroatoms. The number of fused-ring (bicyclic) bond motifs is 1. The molecule has 2 amide bonds. The van der Waals surface area contributed by atoms with Crippen molar-refractivity contribution in [3.05, 3.63) is 64.8 Å². The lowest BCUT2D eigenvalue weighted by Crippen LogP contribution is -2.41. The first-order valence-electron chi connectivity index (χ1n) is 7.99. The number of hydrazine groups is 1. The zero-order valence-electron chi connectivity index (χ0n) is 14.2. The van der Waals surface area contributed by atoms with Gasteiger partial charge in [-0.25, -0.2) is 4.39 Å². The van der Waals surface area contributed by atoms with Crippen LogP contribution in [0.5, 0.6) is 5.75 Å². The van der Waals surface area contributed by atoms with Gasteiger partial charge in [0, 0.05) is 10.3 Å². The molecule has 0 aliphatic rings. The van der Waals surface area contributed by atoms with E-state index in [-0.39, 0.29) is 11.9 Å². The molecule has 0 fully saturated rings. The van der Waals surface area contributed by atoms with Gasteiger partial charge in [0.25, 0.3) is 11.8 Å². The lowest BCUT2D eigenvalue weighted by atomic mass is 10.2. The van der Waals surface area contributed by atoms with Gasteiger partial charge in [-0.1, -0.05) is 0 Å². The van der Waals surface area contributed by atoms with Gasteiger partial charge in [0.15, 0.2) is 0 Å². The molecule has 0 aliphatic heterocycles. The molecule has 1 heterocycles. The van der Waals surface area contributed by atoms with Crippen LogP contribution in [0.1, 0.15) is 33.9 Å². The van der Waals surface area contributed by atoms with Gasteiger partial charge in [0.2, 0.25) is 0 Å². The first kappa shape index (κ1) is 17.9. The summed E-state index contributed by atoms with van der Waals surface area (Å²) in [7, 11) is 0. The molecule has 26 heavy (non-hydrogen) atoms. The molecule has 0 unspecified atom stereocenters. The second-order valence-electron chi connectivity index (χ2n) is 5.89. The molecule has 5 nitrogen and oxygen atoms in total. The molecule has 0 radical (unpaired) electrons. The van der Waals surface area contributed by atoms with E-state index in [1.54, 1.807) is 36.4 Å². The maximum Gasteiger partial charge on any atom is 0.279 e. The Balaban J connectivity index is 1.61. The minimum Gasteiger partial charge on any atom is -0.491 e. The predicted octanol–water partition coefficient (Wildman–Crippen LogP) is 3.90. The molecule has 1 aromatic heterocycles. The number of ether oxygens (including phenoxy) is 1. The molecule has 134 valence electrons. The predicted molar refractivity (Wildman–Crippen MR) is 98.9 cm³/mol. The Morgan fingerprint density at radius 1 is 1.00 bits per heavy atom. The Morgan fingerprint density at radius 3 is 2.38 bits per heavy atom. The molecule has 3 aromatic rings. The molecule has 0 saturated heterocycles. The molecular weight excluding hydrogens is 355 g/mol. The Hall–Kier alpha value is -2.93. The van der Waals surface area contributed by atoms with E-state index in [0.29, 0.717) is 21.6 Å². The van der Waals surface area contributed by atoms with E-state index in [1.807, 2.05) is 13.8 Å². The number of carbonyl (C=O) groups is 2. The highest BCUT2D eigenvalue weighted by Gasteiger charge is 2.13. The standard InChI is InChI=1S/C19H17FN2O3S/c1-11(2)25-15-6-3-12(4-7-15)18(23)21-22-19(24)17-10-13-9-14(20)5-8-16(13)26-17/h3-11H,1-2H3,(H,21,23)(H,22,24). The fourth-order valence-electron chi connectivity index (χ4n) is 2.33. The lowest BCUT2D eigenvalue weighted by molar-refractivity contribution is 0.0849. The van der Waals surface area contributed by atoms with Crippen LogP contribution in [0.2, 0.25) is 0 Å². The van der Waals surface area contributed by atoms with Gasteiger partial charge in [-0.15, -0.1) is 11.3 Å². The molecule has 2 N–H and O–H groups in total. The van der Waals surface area contributed by atoms with Crippen LogP contribution in [0.4, 0.5) is 4.39 Å². The highest BCUT2D eigenvalue weighted by molar-refractivity contribution is 7.20. The van der Waals surface area contributed by atoms with Crippen LogP contribution in [0.3, 0.4) is 0 Å². The third kappa shape index (κ3) is 4.18. The van der Waals surface area contributed by atoms with Gasteiger partial charge < -0.3 is 4.74 Å². The minimum absolute atomic E-state index is 0.0451. The smallest absolute Gasteiger partial charge is 0.279 e. The summed E-state index contributed by atoms with van der Waals surface area (Å²) in [5.74, 6) is -0.597. The van der Waals surface area contributed by atoms with Crippen molar-refractivity contribution in [1.82, 2.24) is 10.9 Å². The number of amides is 2. The number of hydrogen-bond donors (Lipinski definition) is 2. The van der Waals surface area contributed by atoms with E-state index >= 15 is 0 Å². The van der Waals surface area contributed by atoms with Crippen molar-refractivity contribution in [2.24, 2.45) is 0 Å². The van der Waals surface area contributed by atoms with E-state index in [9.17, 15) is 14.0 Å². The molecule has 0 atom stereocenters. The average Bonchev–Trinajstić information content (AvgIpc) is 3.02. The fraction of sp³-hybridized carbons (Fsp3) is 0.158. The fourth-order valence-corrected chi connectivity index (χ4v) is 3.27. The largest absolute Gasteiger partial charge is 0.491 e. The van der Waals surface area contributed by atoms with Crippen LogP contribution in [0.15, 0.2) is 48.5 Å². The molecule has 0 aliphatic carbocycles. The SMILES string of the molecule is CC(C)Oc1ccc(C(=O)NNC(=O)c2cc3cc(F)ccc3s2)cc1. The minimum atomic E-state index is -0.459. The van der Waals surface area contributed by atoms with Gasteiger partial charge in [0.05, 0.1) is 11.0 Å². The van der Waals surface area contributed by atoms with E-state index in [2.05, 4.69) is 10.9 Å². The summed E-state index contributed by atoms with van der Waals surface area (Å²) in [6.45, 7) is 3.83.